The fourth-order valence-corrected chi connectivity index (χ4v) is 9.42. The number of benzene rings is 10. The predicted octanol–water partition coefficient (Wildman–Crippen LogP) is 14.2. The highest BCUT2D eigenvalue weighted by Crippen LogP contribution is 2.45. The van der Waals surface area contributed by atoms with Crippen molar-refractivity contribution in [3.05, 3.63) is 194 Å². The van der Waals surface area contributed by atoms with Crippen molar-refractivity contribution in [2.75, 3.05) is 0 Å². The zero-order valence-corrected chi connectivity index (χ0v) is 30.7. The van der Waals surface area contributed by atoms with Gasteiger partial charge in [-0.3, -0.25) is 0 Å². The van der Waals surface area contributed by atoms with Crippen LogP contribution in [0.25, 0.3) is 115 Å². The number of pyridine rings is 1. The Morgan fingerprint density at radius 2 is 0.877 bits per heavy atom. The molecule has 3 nitrogen and oxygen atoms in total. The van der Waals surface area contributed by atoms with Crippen molar-refractivity contribution in [3.8, 4) is 56.5 Å². The van der Waals surface area contributed by atoms with Gasteiger partial charge in [0, 0.05) is 33.0 Å². The molecule has 12 aromatic rings. The van der Waals surface area contributed by atoms with Crippen LogP contribution in [0, 0.1) is 11.3 Å². The summed E-state index contributed by atoms with van der Waals surface area (Å²) in [6, 6.07) is 69.7. The van der Waals surface area contributed by atoms with Crippen LogP contribution in [0.1, 0.15) is 5.56 Å². The third kappa shape index (κ3) is 4.62. The molecule has 2 heterocycles. The van der Waals surface area contributed by atoms with Gasteiger partial charge >= 0.3 is 0 Å². The number of hydrogen-bond acceptors (Lipinski definition) is 2. The maximum absolute atomic E-state index is 10.0. The topological polar surface area (TPSA) is 41.6 Å². The van der Waals surface area contributed by atoms with Crippen molar-refractivity contribution in [2.45, 2.75) is 0 Å². The molecule has 0 saturated carbocycles. The van der Waals surface area contributed by atoms with Gasteiger partial charge in [-0.05, 0) is 102 Å². The van der Waals surface area contributed by atoms with Gasteiger partial charge in [0.05, 0.1) is 34.1 Å². The highest BCUT2D eigenvalue weighted by molar-refractivity contribution is 6.29. The van der Waals surface area contributed by atoms with E-state index in [9.17, 15) is 5.26 Å². The van der Waals surface area contributed by atoms with Crippen LogP contribution in [0.4, 0.5) is 0 Å². The molecule has 0 fully saturated rings. The summed E-state index contributed by atoms with van der Waals surface area (Å²) in [6.07, 6.45) is 0. The molecule has 0 unspecified atom stereocenters. The number of aromatic nitrogens is 2. The molecule has 0 N–H and O–H groups in total. The van der Waals surface area contributed by atoms with Crippen molar-refractivity contribution in [2.24, 2.45) is 0 Å². The SMILES string of the molecule is N#Cc1ccc2c3c1ccc1c(-c4ccc(-c5ccc6ccc7c(-c8cccc(-c9ccccc9)n8)ccc8ccc5c6c87)cc4)ccc(c13)n2-c1ccccc1. The molecular formula is C54H31N3. The van der Waals surface area contributed by atoms with Gasteiger partial charge in [-0.2, -0.15) is 5.26 Å². The Bertz CT molecular complexity index is 3560. The first-order valence-corrected chi connectivity index (χ1v) is 19.4. The Morgan fingerprint density at radius 3 is 1.56 bits per heavy atom. The van der Waals surface area contributed by atoms with E-state index in [1.165, 1.54) is 59.8 Å². The second kappa shape index (κ2) is 12.1. The minimum Gasteiger partial charge on any atom is -0.309 e. The molecule has 0 aliphatic rings. The largest absolute Gasteiger partial charge is 0.309 e. The van der Waals surface area contributed by atoms with Gasteiger partial charge < -0.3 is 4.57 Å². The van der Waals surface area contributed by atoms with Crippen LogP contribution in [0.2, 0.25) is 0 Å². The Balaban J connectivity index is 0.988. The molecule has 12 rings (SSSR count). The molecule has 3 heteroatoms. The summed E-state index contributed by atoms with van der Waals surface area (Å²) < 4.78 is 2.33. The van der Waals surface area contributed by atoms with Crippen molar-refractivity contribution in [1.29, 1.82) is 5.26 Å². The molecule has 10 aromatic carbocycles. The Hall–Kier alpha value is -7.80. The Morgan fingerprint density at radius 1 is 0.368 bits per heavy atom. The van der Waals surface area contributed by atoms with Crippen molar-refractivity contribution in [3.63, 3.8) is 0 Å². The molecule has 0 amide bonds. The van der Waals surface area contributed by atoms with E-state index in [-0.39, 0.29) is 0 Å². The third-order valence-corrected chi connectivity index (χ3v) is 12.0. The summed E-state index contributed by atoms with van der Waals surface area (Å²) in [5.41, 5.74) is 13.0. The number of rotatable bonds is 5. The smallest absolute Gasteiger partial charge is 0.0998 e. The highest BCUT2D eigenvalue weighted by Gasteiger charge is 2.21. The summed E-state index contributed by atoms with van der Waals surface area (Å²) in [7, 11) is 0. The average Bonchev–Trinajstić information content (AvgIpc) is 3.63. The molecule has 0 bridgehead atoms. The molecule has 2 aromatic heterocycles. The Labute approximate surface area is 328 Å². The minimum absolute atomic E-state index is 0.699. The number of nitrogens with zero attached hydrogens (tertiary/aromatic N) is 3. The van der Waals surface area contributed by atoms with E-state index in [0.717, 1.165) is 55.6 Å². The van der Waals surface area contributed by atoms with Gasteiger partial charge in [0.2, 0.25) is 0 Å². The molecular weight excluding hydrogens is 691 g/mol. The van der Waals surface area contributed by atoms with Crippen LogP contribution in [0.15, 0.2) is 188 Å². The predicted molar refractivity (Wildman–Crippen MR) is 237 cm³/mol. The second-order valence-corrected chi connectivity index (χ2v) is 15.0. The van der Waals surface area contributed by atoms with Gasteiger partial charge in [0.25, 0.3) is 0 Å². The summed E-state index contributed by atoms with van der Waals surface area (Å²) in [5, 5.41) is 22.0. The third-order valence-electron chi connectivity index (χ3n) is 12.0. The Kier molecular flexibility index (Phi) is 6.70. The lowest BCUT2D eigenvalue weighted by atomic mass is 9.87. The molecule has 0 spiro atoms. The first-order valence-electron chi connectivity index (χ1n) is 19.4. The summed E-state index contributed by atoms with van der Waals surface area (Å²) in [5.74, 6) is 0. The fourth-order valence-electron chi connectivity index (χ4n) is 9.42. The molecule has 262 valence electrons. The number of para-hydroxylation sites is 1. The monoisotopic (exact) mass is 721 g/mol. The lowest BCUT2D eigenvalue weighted by molar-refractivity contribution is 1.18. The fraction of sp³-hybridized carbons (Fsp3) is 0. The van der Waals surface area contributed by atoms with Crippen LogP contribution in [0.5, 0.6) is 0 Å². The van der Waals surface area contributed by atoms with Crippen LogP contribution in [-0.2, 0) is 0 Å². The lowest BCUT2D eigenvalue weighted by Gasteiger charge is -2.17. The van der Waals surface area contributed by atoms with Gasteiger partial charge in [0.15, 0.2) is 0 Å². The van der Waals surface area contributed by atoms with E-state index in [1.807, 2.05) is 18.2 Å². The maximum atomic E-state index is 10.0. The maximum Gasteiger partial charge on any atom is 0.0998 e. The normalized spacial score (nSPS) is 11.8. The quantitative estimate of drug-likeness (QED) is 0.166. The van der Waals surface area contributed by atoms with Crippen LogP contribution >= 0.6 is 0 Å². The van der Waals surface area contributed by atoms with E-state index in [1.54, 1.807) is 0 Å². The summed E-state index contributed by atoms with van der Waals surface area (Å²) >= 11 is 0. The first kappa shape index (κ1) is 31.5. The average molecular weight is 722 g/mol. The zero-order valence-electron chi connectivity index (χ0n) is 30.7. The van der Waals surface area contributed by atoms with Crippen molar-refractivity contribution < 1.29 is 0 Å². The first-order chi connectivity index (χ1) is 28.2. The molecule has 57 heavy (non-hydrogen) atoms. The molecule has 0 aliphatic carbocycles. The van der Waals surface area contributed by atoms with Crippen LogP contribution < -0.4 is 0 Å². The zero-order chi connectivity index (χ0) is 37.6. The van der Waals surface area contributed by atoms with E-state index >= 15 is 0 Å². The van der Waals surface area contributed by atoms with E-state index in [4.69, 9.17) is 4.98 Å². The van der Waals surface area contributed by atoms with Crippen LogP contribution in [-0.4, -0.2) is 9.55 Å². The van der Waals surface area contributed by atoms with E-state index < -0.39 is 0 Å². The molecule has 0 atom stereocenters. The number of hydrogen-bond donors (Lipinski definition) is 0. The van der Waals surface area contributed by atoms with Gasteiger partial charge in [-0.15, -0.1) is 0 Å². The molecule has 0 radical (unpaired) electrons. The minimum atomic E-state index is 0.699. The summed E-state index contributed by atoms with van der Waals surface area (Å²) in [6.45, 7) is 0. The highest BCUT2D eigenvalue weighted by atomic mass is 15.0. The van der Waals surface area contributed by atoms with Crippen molar-refractivity contribution in [1.82, 2.24) is 9.55 Å². The van der Waals surface area contributed by atoms with Gasteiger partial charge in [-0.25, -0.2) is 4.98 Å². The van der Waals surface area contributed by atoms with Crippen molar-refractivity contribution >= 4 is 64.9 Å². The lowest BCUT2D eigenvalue weighted by Crippen LogP contribution is -1.93. The van der Waals surface area contributed by atoms with Crippen LogP contribution in [0.3, 0.4) is 0 Å². The van der Waals surface area contributed by atoms with E-state index in [0.29, 0.717) is 5.56 Å². The molecule has 0 aliphatic heterocycles. The van der Waals surface area contributed by atoms with Gasteiger partial charge in [-0.1, -0.05) is 146 Å². The second-order valence-electron chi connectivity index (χ2n) is 15.0. The number of nitriles is 1. The van der Waals surface area contributed by atoms with Gasteiger partial charge in [0.1, 0.15) is 0 Å². The molecule has 0 saturated heterocycles. The summed E-state index contributed by atoms with van der Waals surface area (Å²) in [4.78, 5) is 5.15. The van der Waals surface area contributed by atoms with E-state index in [2.05, 4.69) is 180 Å². The standard InChI is InChI=1S/C54H31N3/c55-32-38-22-30-49-53-42(38)27-28-45-41(29-31-50(54(45)53)57(49)39-10-5-2-6-11-39)34-16-14-33(15-17-34)40-23-18-36-21-26-46-43(24-19-37-20-25-44(40)51(36)52(37)46)48-13-7-12-47(56-48)35-8-3-1-4-9-35/h1-31H.